The fourth-order valence-corrected chi connectivity index (χ4v) is 3.90. The molecular weight excluding hydrogens is 288 g/mol. The molecule has 2 fully saturated rings. The van der Waals surface area contributed by atoms with Crippen LogP contribution in [-0.2, 0) is 13.0 Å². The molecule has 1 aromatic rings. The normalized spacial score (nSPS) is 25.1. The first-order chi connectivity index (χ1) is 9.84. The minimum atomic E-state index is 0. The second kappa shape index (κ2) is 5.97. The van der Waals surface area contributed by atoms with Gasteiger partial charge in [-0.15, -0.1) is 12.4 Å². The van der Waals surface area contributed by atoms with Crippen LogP contribution in [0, 0.1) is 5.92 Å². The number of fused-ring (bicyclic) bond motifs is 1. The molecule has 5 nitrogen and oxygen atoms in total. The summed E-state index contributed by atoms with van der Waals surface area (Å²) in [6, 6.07) is 0.472. The molecular formula is C15H23ClN4O. The van der Waals surface area contributed by atoms with Crippen molar-refractivity contribution in [1.29, 1.82) is 0 Å². The van der Waals surface area contributed by atoms with E-state index in [4.69, 9.17) is 0 Å². The van der Waals surface area contributed by atoms with Gasteiger partial charge in [-0.3, -0.25) is 9.89 Å². The van der Waals surface area contributed by atoms with Crippen molar-refractivity contribution in [3.8, 4) is 0 Å². The number of nitrogens with one attached hydrogen (secondary N) is 2. The summed E-state index contributed by atoms with van der Waals surface area (Å²) in [6.45, 7) is 2.65. The first kappa shape index (κ1) is 14.9. The minimum Gasteiger partial charge on any atom is -0.334 e. The van der Waals surface area contributed by atoms with Crippen LogP contribution < -0.4 is 5.32 Å². The molecule has 116 valence electrons. The molecule has 0 bridgehead atoms. The third kappa shape index (κ3) is 2.46. The molecule has 1 aliphatic carbocycles. The van der Waals surface area contributed by atoms with Crippen molar-refractivity contribution in [1.82, 2.24) is 20.4 Å². The molecule has 6 heteroatoms. The maximum Gasteiger partial charge on any atom is 0.274 e. The molecule has 2 aliphatic heterocycles. The standard InChI is InChI=1S/C15H22N4O.ClH/c20-15(14-11-9-16-7-6-12(11)17-18-14)19-8-2-5-13(19)10-3-1-4-10;/h10,13,16H,1-9H2,(H,17,18);1H. The molecule has 1 saturated carbocycles. The number of nitrogens with zero attached hydrogens (tertiary/aromatic N) is 2. The summed E-state index contributed by atoms with van der Waals surface area (Å²) in [5.74, 6) is 0.898. The molecule has 1 aromatic heterocycles. The fourth-order valence-electron chi connectivity index (χ4n) is 3.90. The number of amides is 1. The average molecular weight is 311 g/mol. The molecule has 21 heavy (non-hydrogen) atoms. The van der Waals surface area contributed by atoms with Crippen molar-refractivity contribution in [2.45, 2.75) is 51.1 Å². The van der Waals surface area contributed by atoms with E-state index in [0.717, 1.165) is 49.7 Å². The van der Waals surface area contributed by atoms with Crippen molar-refractivity contribution in [3.63, 3.8) is 0 Å². The third-order valence-electron chi connectivity index (χ3n) is 5.26. The van der Waals surface area contributed by atoms with E-state index in [2.05, 4.69) is 20.4 Å². The van der Waals surface area contributed by atoms with E-state index in [9.17, 15) is 4.79 Å². The van der Waals surface area contributed by atoms with Gasteiger partial charge in [-0.2, -0.15) is 5.10 Å². The van der Waals surface area contributed by atoms with Crippen LogP contribution in [0.4, 0.5) is 0 Å². The second-order valence-corrected chi connectivity index (χ2v) is 6.36. The lowest BCUT2D eigenvalue weighted by Gasteiger charge is -2.36. The number of hydrogen-bond acceptors (Lipinski definition) is 3. The van der Waals surface area contributed by atoms with E-state index < -0.39 is 0 Å². The fraction of sp³-hybridized carbons (Fsp3) is 0.733. The van der Waals surface area contributed by atoms with Crippen molar-refractivity contribution in [3.05, 3.63) is 17.0 Å². The van der Waals surface area contributed by atoms with Crippen molar-refractivity contribution in [2.24, 2.45) is 5.92 Å². The lowest BCUT2D eigenvalue weighted by Crippen LogP contribution is -2.43. The Labute approximate surface area is 131 Å². The topological polar surface area (TPSA) is 61.0 Å². The number of carbonyl (C=O) groups excluding carboxylic acids is 1. The summed E-state index contributed by atoms with van der Waals surface area (Å²) < 4.78 is 0. The highest BCUT2D eigenvalue weighted by Crippen LogP contribution is 2.37. The van der Waals surface area contributed by atoms with E-state index in [1.807, 2.05) is 0 Å². The van der Waals surface area contributed by atoms with Gasteiger partial charge in [-0.1, -0.05) is 6.42 Å². The van der Waals surface area contributed by atoms with Crippen LogP contribution in [0.1, 0.15) is 53.8 Å². The largest absolute Gasteiger partial charge is 0.334 e. The molecule has 2 N–H and O–H groups in total. The number of hydrogen-bond donors (Lipinski definition) is 2. The van der Waals surface area contributed by atoms with Crippen LogP contribution in [-0.4, -0.2) is 40.1 Å². The Morgan fingerprint density at radius 3 is 2.86 bits per heavy atom. The van der Waals surface area contributed by atoms with Gasteiger partial charge in [0, 0.05) is 43.4 Å². The van der Waals surface area contributed by atoms with Gasteiger partial charge in [0.05, 0.1) is 0 Å². The van der Waals surface area contributed by atoms with Crippen LogP contribution in [0.3, 0.4) is 0 Å². The Morgan fingerprint density at radius 2 is 2.10 bits per heavy atom. The number of halogens is 1. The molecule has 1 atom stereocenters. The maximum atomic E-state index is 12.9. The van der Waals surface area contributed by atoms with Crippen molar-refractivity contribution >= 4 is 18.3 Å². The SMILES string of the molecule is Cl.O=C(c1n[nH]c2c1CNCC2)N1CCCC1C1CCC1. The lowest BCUT2D eigenvalue weighted by molar-refractivity contribution is 0.0619. The van der Waals surface area contributed by atoms with Gasteiger partial charge in [0.2, 0.25) is 0 Å². The Morgan fingerprint density at radius 1 is 1.24 bits per heavy atom. The summed E-state index contributed by atoms with van der Waals surface area (Å²) in [7, 11) is 0. The van der Waals surface area contributed by atoms with E-state index in [-0.39, 0.29) is 18.3 Å². The first-order valence-corrected chi connectivity index (χ1v) is 7.92. The highest BCUT2D eigenvalue weighted by atomic mass is 35.5. The van der Waals surface area contributed by atoms with Crippen LogP contribution >= 0.6 is 12.4 Å². The van der Waals surface area contributed by atoms with E-state index in [0.29, 0.717) is 11.7 Å². The van der Waals surface area contributed by atoms with E-state index in [1.54, 1.807) is 0 Å². The number of aromatic amines is 1. The molecule has 1 amide bonds. The second-order valence-electron chi connectivity index (χ2n) is 6.36. The highest BCUT2D eigenvalue weighted by molar-refractivity contribution is 5.94. The molecule has 0 radical (unpaired) electrons. The molecule has 3 heterocycles. The Hall–Kier alpha value is -1.07. The van der Waals surface area contributed by atoms with Crippen molar-refractivity contribution < 1.29 is 4.79 Å². The number of carbonyl (C=O) groups is 1. The van der Waals surface area contributed by atoms with Gasteiger partial charge in [0.1, 0.15) is 0 Å². The van der Waals surface area contributed by atoms with Crippen LogP contribution in [0.5, 0.6) is 0 Å². The molecule has 3 aliphatic rings. The zero-order chi connectivity index (χ0) is 13.5. The van der Waals surface area contributed by atoms with E-state index in [1.165, 1.54) is 25.7 Å². The van der Waals surface area contributed by atoms with Gasteiger partial charge in [0.25, 0.3) is 5.91 Å². The molecule has 4 rings (SSSR count). The third-order valence-corrected chi connectivity index (χ3v) is 5.26. The Balaban J connectivity index is 0.00000132. The highest BCUT2D eigenvalue weighted by Gasteiger charge is 2.39. The van der Waals surface area contributed by atoms with Gasteiger partial charge in [0.15, 0.2) is 5.69 Å². The summed E-state index contributed by atoms with van der Waals surface area (Å²) >= 11 is 0. The summed E-state index contributed by atoms with van der Waals surface area (Å²) in [5, 5.41) is 10.7. The number of rotatable bonds is 2. The average Bonchev–Trinajstić information content (AvgIpc) is 3.02. The zero-order valence-electron chi connectivity index (χ0n) is 12.2. The number of aromatic nitrogens is 2. The van der Waals surface area contributed by atoms with Gasteiger partial charge < -0.3 is 10.2 Å². The minimum absolute atomic E-state index is 0. The molecule has 0 aromatic carbocycles. The van der Waals surface area contributed by atoms with Gasteiger partial charge in [-0.05, 0) is 31.6 Å². The van der Waals surface area contributed by atoms with Crippen molar-refractivity contribution in [2.75, 3.05) is 13.1 Å². The predicted octanol–water partition coefficient (Wildman–Crippen LogP) is 1.88. The molecule has 0 spiro atoms. The van der Waals surface area contributed by atoms with Gasteiger partial charge in [-0.25, -0.2) is 0 Å². The molecule has 1 saturated heterocycles. The quantitative estimate of drug-likeness (QED) is 0.877. The smallest absolute Gasteiger partial charge is 0.274 e. The summed E-state index contributed by atoms with van der Waals surface area (Å²) in [5.41, 5.74) is 2.91. The maximum absolute atomic E-state index is 12.9. The first-order valence-electron chi connectivity index (χ1n) is 7.92. The molecule has 1 unspecified atom stereocenters. The lowest BCUT2D eigenvalue weighted by atomic mass is 9.78. The van der Waals surface area contributed by atoms with E-state index >= 15 is 0 Å². The van der Waals surface area contributed by atoms with Crippen LogP contribution in [0.15, 0.2) is 0 Å². The van der Waals surface area contributed by atoms with Crippen LogP contribution in [0.2, 0.25) is 0 Å². The Bertz CT molecular complexity index is 526. The predicted molar refractivity (Wildman–Crippen MR) is 82.6 cm³/mol. The number of H-pyrrole nitrogens is 1. The van der Waals surface area contributed by atoms with Gasteiger partial charge >= 0.3 is 0 Å². The monoisotopic (exact) mass is 310 g/mol. The Kier molecular flexibility index (Phi) is 4.22. The number of likely N-dealkylation sites (tertiary alicyclic amines) is 1. The van der Waals surface area contributed by atoms with Crippen LogP contribution in [0.25, 0.3) is 0 Å². The summed E-state index contributed by atoms with van der Waals surface area (Å²) in [6.07, 6.45) is 7.22. The zero-order valence-corrected chi connectivity index (χ0v) is 13.0. The summed E-state index contributed by atoms with van der Waals surface area (Å²) in [4.78, 5) is 15.0.